The summed E-state index contributed by atoms with van der Waals surface area (Å²) in [5.41, 5.74) is 6.31. The zero-order chi connectivity index (χ0) is 25.7. The molecule has 0 bridgehead atoms. The molecule has 4 aromatic rings. The van der Waals surface area contributed by atoms with Crippen molar-refractivity contribution in [2.75, 3.05) is 0 Å². The SMILES string of the molecule is CCC/C(O)=C/C(=O)CC(C)C.O=C1c2ccccc2-c2c1ccc1nc(-c3[c-]cccc3)ccc21.[Ir]. The number of aliphatic hydroxyl groups excluding tert-OH is 1. The Kier molecular flexibility index (Phi) is 9.68. The number of ketones is 2. The molecule has 5 rings (SSSR count). The number of nitrogens with zero attached hydrogens (tertiary/aromatic N) is 1. The average molecular weight is 669 g/mol. The number of aliphatic hydroxyl groups is 1. The van der Waals surface area contributed by atoms with E-state index in [1.165, 1.54) is 6.08 Å². The Labute approximate surface area is 231 Å². The summed E-state index contributed by atoms with van der Waals surface area (Å²) in [6.45, 7) is 5.95. The van der Waals surface area contributed by atoms with Gasteiger partial charge < -0.3 is 5.11 Å². The summed E-state index contributed by atoms with van der Waals surface area (Å²) in [6, 6.07) is 26.7. The Morgan fingerprint density at radius 3 is 2.38 bits per heavy atom. The average Bonchev–Trinajstić information content (AvgIpc) is 3.16. The van der Waals surface area contributed by atoms with E-state index in [4.69, 9.17) is 4.98 Å². The first-order valence-corrected chi connectivity index (χ1v) is 12.4. The van der Waals surface area contributed by atoms with E-state index in [9.17, 15) is 14.7 Å². The van der Waals surface area contributed by atoms with Gasteiger partial charge in [0.2, 0.25) is 0 Å². The fourth-order valence-electron chi connectivity index (χ4n) is 4.41. The molecule has 3 aromatic carbocycles. The molecule has 0 spiro atoms. The topological polar surface area (TPSA) is 67.3 Å². The van der Waals surface area contributed by atoms with Crippen LogP contribution in [-0.4, -0.2) is 21.7 Å². The van der Waals surface area contributed by atoms with Crippen LogP contribution < -0.4 is 0 Å². The van der Waals surface area contributed by atoms with E-state index in [1.54, 1.807) is 0 Å². The largest absolute Gasteiger partial charge is 0.512 e. The molecule has 0 aliphatic heterocycles. The van der Waals surface area contributed by atoms with Gasteiger partial charge >= 0.3 is 0 Å². The Morgan fingerprint density at radius 1 is 0.973 bits per heavy atom. The Hall–Kier alpha value is -3.40. The Morgan fingerprint density at radius 2 is 1.70 bits per heavy atom. The molecule has 4 nitrogen and oxygen atoms in total. The predicted octanol–water partition coefficient (Wildman–Crippen LogP) is 7.75. The van der Waals surface area contributed by atoms with Crippen molar-refractivity contribution in [2.24, 2.45) is 5.92 Å². The van der Waals surface area contributed by atoms with Gasteiger partial charge in [0.05, 0.1) is 11.3 Å². The molecule has 1 aromatic heterocycles. The third-order valence-corrected chi connectivity index (χ3v) is 5.99. The Balaban J connectivity index is 0.000000253. The summed E-state index contributed by atoms with van der Waals surface area (Å²) < 4.78 is 0. The van der Waals surface area contributed by atoms with Gasteiger partial charge in [0, 0.05) is 61.1 Å². The van der Waals surface area contributed by atoms with Crippen LogP contribution in [0.1, 0.15) is 56.0 Å². The summed E-state index contributed by atoms with van der Waals surface area (Å²) in [4.78, 5) is 28.5. The standard InChI is InChI=1S/C22H12NO.C10H18O2.Ir/c24-22-16-9-5-4-8-15(16)21-17-10-12-19(14-6-2-1-3-7-14)23-20(17)13-11-18(21)22;1-4-5-9(11)7-10(12)6-8(2)3;/h1-6,8-13H;7-8,11H,4-6H2,1-3H3;/q-1;;/b;9-7-;. The van der Waals surface area contributed by atoms with E-state index < -0.39 is 0 Å². The van der Waals surface area contributed by atoms with Gasteiger partial charge in [-0.05, 0) is 35.7 Å². The smallest absolute Gasteiger partial charge is 0.194 e. The zero-order valence-corrected chi connectivity index (χ0v) is 23.6. The molecule has 1 aliphatic rings. The van der Waals surface area contributed by atoms with Gasteiger partial charge in [0.15, 0.2) is 11.6 Å². The molecule has 0 unspecified atom stereocenters. The third kappa shape index (κ3) is 6.49. The fourth-order valence-corrected chi connectivity index (χ4v) is 4.41. The van der Waals surface area contributed by atoms with E-state index in [-0.39, 0.29) is 37.4 Å². The summed E-state index contributed by atoms with van der Waals surface area (Å²) in [5, 5.41) is 10.2. The maximum absolute atomic E-state index is 12.6. The van der Waals surface area contributed by atoms with Crippen molar-refractivity contribution in [2.45, 2.75) is 40.0 Å². The van der Waals surface area contributed by atoms with Crippen molar-refractivity contribution in [1.29, 1.82) is 0 Å². The molecule has 0 amide bonds. The number of pyridine rings is 1. The van der Waals surface area contributed by atoms with Crippen LogP contribution in [0.5, 0.6) is 0 Å². The van der Waals surface area contributed by atoms with E-state index >= 15 is 0 Å². The molecule has 37 heavy (non-hydrogen) atoms. The zero-order valence-electron chi connectivity index (χ0n) is 21.2. The van der Waals surface area contributed by atoms with Gasteiger partial charge in [-0.3, -0.25) is 14.6 Å². The van der Waals surface area contributed by atoms with Crippen LogP contribution in [0.15, 0.2) is 84.6 Å². The van der Waals surface area contributed by atoms with Crippen LogP contribution in [0.3, 0.4) is 0 Å². The Bertz CT molecular complexity index is 1440. The number of hydrogen-bond acceptors (Lipinski definition) is 4. The number of hydrogen-bond donors (Lipinski definition) is 1. The number of allylic oxidation sites excluding steroid dienone is 2. The van der Waals surface area contributed by atoms with Crippen LogP contribution in [0.2, 0.25) is 0 Å². The first-order chi connectivity index (χ1) is 17.4. The van der Waals surface area contributed by atoms with Gasteiger partial charge in [-0.1, -0.05) is 57.2 Å². The van der Waals surface area contributed by atoms with Crippen molar-refractivity contribution in [3.63, 3.8) is 0 Å². The molecule has 0 fully saturated rings. The number of benzene rings is 3. The second-order valence-electron chi connectivity index (χ2n) is 9.35. The minimum absolute atomic E-state index is 0. The fraction of sp³-hybridized carbons (Fsp3) is 0.219. The van der Waals surface area contributed by atoms with Crippen molar-refractivity contribution >= 4 is 22.5 Å². The molecular formula is C32H30IrNO3-. The molecule has 1 N–H and O–H groups in total. The molecule has 191 valence electrons. The van der Waals surface area contributed by atoms with E-state index in [1.807, 2.05) is 87.5 Å². The van der Waals surface area contributed by atoms with Gasteiger partial charge in [-0.2, -0.15) is 0 Å². The van der Waals surface area contributed by atoms with Crippen molar-refractivity contribution in [3.05, 3.63) is 102 Å². The normalized spacial score (nSPS) is 11.9. The van der Waals surface area contributed by atoms with E-state index in [0.717, 1.165) is 50.8 Å². The summed E-state index contributed by atoms with van der Waals surface area (Å²) in [6.07, 6.45) is 3.35. The van der Waals surface area contributed by atoms with Crippen molar-refractivity contribution in [1.82, 2.24) is 4.98 Å². The minimum atomic E-state index is 0. The van der Waals surface area contributed by atoms with E-state index in [2.05, 4.69) is 12.1 Å². The van der Waals surface area contributed by atoms with Gasteiger partial charge in [0.25, 0.3) is 0 Å². The van der Waals surface area contributed by atoms with Gasteiger partial charge in [-0.25, -0.2) is 0 Å². The molecule has 0 atom stereocenters. The summed E-state index contributed by atoms with van der Waals surface area (Å²) in [7, 11) is 0. The number of carbonyl (C=O) groups excluding carboxylic acids is 2. The number of carbonyl (C=O) groups is 2. The van der Waals surface area contributed by atoms with Crippen molar-refractivity contribution < 1.29 is 34.8 Å². The first kappa shape index (κ1) is 28.2. The van der Waals surface area contributed by atoms with Crippen LogP contribution in [0.4, 0.5) is 0 Å². The molecule has 1 heterocycles. The number of fused-ring (bicyclic) bond motifs is 5. The van der Waals surface area contributed by atoms with Crippen LogP contribution >= 0.6 is 0 Å². The first-order valence-electron chi connectivity index (χ1n) is 12.4. The molecule has 5 heteroatoms. The maximum atomic E-state index is 12.6. The van der Waals surface area contributed by atoms with Crippen LogP contribution in [-0.2, 0) is 24.9 Å². The molecule has 0 saturated carbocycles. The van der Waals surface area contributed by atoms with E-state index in [0.29, 0.717) is 18.8 Å². The van der Waals surface area contributed by atoms with Gasteiger partial charge in [0.1, 0.15) is 0 Å². The maximum Gasteiger partial charge on any atom is 0.194 e. The van der Waals surface area contributed by atoms with Crippen LogP contribution in [0.25, 0.3) is 33.3 Å². The summed E-state index contributed by atoms with van der Waals surface area (Å²) in [5.74, 6) is 0.699. The third-order valence-electron chi connectivity index (χ3n) is 5.99. The predicted molar refractivity (Wildman–Crippen MR) is 145 cm³/mol. The van der Waals surface area contributed by atoms with Gasteiger partial charge in [-0.15, -0.1) is 35.9 Å². The molecular weight excluding hydrogens is 639 g/mol. The quantitative estimate of drug-likeness (QED) is 0.114. The second-order valence-corrected chi connectivity index (χ2v) is 9.35. The summed E-state index contributed by atoms with van der Waals surface area (Å²) >= 11 is 0. The number of aromatic nitrogens is 1. The monoisotopic (exact) mass is 669 g/mol. The second kappa shape index (κ2) is 12.7. The molecule has 1 aliphatic carbocycles. The number of rotatable bonds is 6. The minimum Gasteiger partial charge on any atom is -0.512 e. The molecule has 0 saturated heterocycles. The molecule has 1 radical (unpaired) electrons. The van der Waals surface area contributed by atoms with Crippen LogP contribution in [0, 0.1) is 12.0 Å². The van der Waals surface area contributed by atoms with Crippen molar-refractivity contribution in [3.8, 4) is 22.4 Å².